The molecule has 1 heterocycles. The van der Waals surface area contributed by atoms with E-state index in [0.29, 0.717) is 23.5 Å². The number of carbonyl (C=O) groups excluding carboxylic acids is 2. The first kappa shape index (κ1) is 25.2. The molecule has 9 nitrogen and oxygen atoms in total. The first-order valence-electron chi connectivity index (χ1n) is 11.2. The van der Waals surface area contributed by atoms with Crippen LogP contribution >= 0.6 is 11.3 Å². The molecule has 2 aromatic carbocycles. The molecule has 0 unspecified atom stereocenters. The number of hydrogen-bond acceptors (Lipinski definition) is 7. The van der Waals surface area contributed by atoms with E-state index >= 15 is 0 Å². The van der Waals surface area contributed by atoms with Gasteiger partial charge < -0.3 is 14.0 Å². The molecule has 1 fully saturated rings. The second-order valence-corrected chi connectivity index (χ2v) is 11.1. The summed E-state index contributed by atoms with van der Waals surface area (Å²) in [6.45, 7) is 2.90. The minimum atomic E-state index is -3.59. The van der Waals surface area contributed by atoms with Crippen molar-refractivity contribution in [1.29, 1.82) is 0 Å². The average molecular weight is 518 g/mol. The van der Waals surface area contributed by atoms with Crippen LogP contribution in [0.1, 0.15) is 40.5 Å². The lowest BCUT2D eigenvalue weighted by molar-refractivity contribution is 0.0526. The number of fused-ring (bicyclic) bond motifs is 1. The Morgan fingerprint density at radius 1 is 1.14 bits per heavy atom. The predicted octanol–water partition coefficient (Wildman–Crippen LogP) is 3.05. The smallest absolute Gasteiger partial charge is 0.338 e. The summed E-state index contributed by atoms with van der Waals surface area (Å²) in [4.78, 5) is 30.0. The number of thiazole rings is 1. The Labute approximate surface area is 207 Å². The lowest BCUT2D eigenvalue weighted by atomic mass is 10.2. The molecule has 0 bridgehead atoms. The molecule has 0 saturated heterocycles. The Morgan fingerprint density at radius 3 is 2.46 bits per heavy atom. The Morgan fingerprint density at radius 2 is 1.83 bits per heavy atom. The fraction of sp³-hybridized carbons (Fsp3) is 0.375. The first-order chi connectivity index (χ1) is 16.8. The Balaban J connectivity index is 1.67. The van der Waals surface area contributed by atoms with Gasteiger partial charge in [-0.3, -0.25) is 4.79 Å². The van der Waals surface area contributed by atoms with Crippen molar-refractivity contribution in [3.05, 3.63) is 58.4 Å². The second kappa shape index (κ2) is 10.4. The van der Waals surface area contributed by atoms with Crippen molar-refractivity contribution in [1.82, 2.24) is 8.87 Å². The van der Waals surface area contributed by atoms with E-state index in [9.17, 15) is 18.0 Å². The van der Waals surface area contributed by atoms with Crippen LogP contribution in [-0.2, 0) is 26.0 Å². The number of rotatable bonds is 9. The summed E-state index contributed by atoms with van der Waals surface area (Å²) in [5.41, 5.74) is 1.52. The molecule has 0 spiro atoms. The van der Waals surface area contributed by atoms with Crippen LogP contribution in [0.3, 0.4) is 0 Å². The lowest BCUT2D eigenvalue weighted by Crippen LogP contribution is -2.28. The maximum Gasteiger partial charge on any atom is 0.338 e. The van der Waals surface area contributed by atoms with Crippen molar-refractivity contribution < 1.29 is 27.5 Å². The molecular formula is C24H27N3O6S2. The molecule has 11 heteroatoms. The number of carbonyl (C=O) groups is 2. The molecule has 0 atom stereocenters. The van der Waals surface area contributed by atoms with Crippen molar-refractivity contribution in [3.63, 3.8) is 0 Å². The van der Waals surface area contributed by atoms with E-state index in [1.54, 1.807) is 39.3 Å². The van der Waals surface area contributed by atoms with E-state index < -0.39 is 21.9 Å². The van der Waals surface area contributed by atoms with Crippen molar-refractivity contribution in [2.45, 2.75) is 37.2 Å². The average Bonchev–Trinajstić information content (AvgIpc) is 3.64. The zero-order chi connectivity index (χ0) is 25.2. The van der Waals surface area contributed by atoms with Crippen LogP contribution in [0, 0.1) is 0 Å². The molecule has 0 N–H and O–H groups in total. The summed E-state index contributed by atoms with van der Waals surface area (Å²) >= 11 is 1.28. The number of aromatic nitrogens is 1. The van der Waals surface area contributed by atoms with E-state index in [1.165, 1.54) is 39.9 Å². The number of amides is 1. The van der Waals surface area contributed by atoms with Gasteiger partial charge in [0.15, 0.2) is 4.80 Å². The number of nitrogens with zero attached hydrogens (tertiary/aromatic N) is 3. The zero-order valence-electron chi connectivity index (χ0n) is 19.8. The van der Waals surface area contributed by atoms with Crippen LogP contribution in [0.15, 0.2) is 52.4 Å². The molecule has 1 amide bonds. The summed E-state index contributed by atoms with van der Waals surface area (Å²) in [6.07, 6.45) is 1.73. The fourth-order valence-electron chi connectivity index (χ4n) is 3.62. The number of ether oxygens (including phenoxy) is 2. The monoisotopic (exact) mass is 517 g/mol. The largest absolute Gasteiger partial charge is 0.462 e. The summed E-state index contributed by atoms with van der Waals surface area (Å²) < 4.78 is 39.8. The fourth-order valence-corrected chi connectivity index (χ4v) is 6.13. The maximum absolute atomic E-state index is 13.0. The molecule has 35 heavy (non-hydrogen) atoms. The summed E-state index contributed by atoms with van der Waals surface area (Å²) in [7, 11) is -0.421. The Bertz CT molecular complexity index is 1420. The van der Waals surface area contributed by atoms with Gasteiger partial charge in [-0.2, -0.15) is 9.30 Å². The highest BCUT2D eigenvalue weighted by molar-refractivity contribution is 7.89. The number of sulfonamides is 1. The SMILES string of the molecule is CCOC(=O)c1ccc2c(c1)sc(=NC(=O)c1ccc(S(=O)(=O)N(C)C3CC3)cc1)n2CCOC. The molecule has 0 aliphatic heterocycles. The van der Waals surface area contributed by atoms with Crippen molar-refractivity contribution >= 4 is 43.5 Å². The standard InChI is InChI=1S/C24H27N3O6S2/c1-4-33-23(29)17-7-12-20-21(15-17)34-24(27(20)13-14-32-3)25-22(28)16-5-10-19(11-6-16)35(30,31)26(2)18-8-9-18/h5-7,10-12,15,18H,4,8-9,13-14H2,1-3H3. The van der Waals surface area contributed by atoms with E-state index in [-0.39, 0.29) is 23.1 Å². The van der Waals surface area contributed by atoms with Gasteiger partial charge in [0.1, 0.15) is 0 Å². The molecular weight excluding hydrogens is 490 g/mol. The summed E-state index contributed by atoms with van der Waals surface area (Å²) in [5, 5.41) is 0. The Kier molecular flexibility index (Phi) is 7.50. The van der Waals surface area contributed by atoms with Gasteiger partial charge in [-0.1, -0.05) is 11.3 Å². The molecule has 1 saturated carbocycles. The highest BCUT2D eigenvalue weighted by atomic mass is 32.2. The van der Waals surface area contributed by atoms with E-state index in [1.807, 2.05) is 4.57 Å². The molecule has 186 valence electrons. The van der Waals surface area contributed by atoms with Gasteiger partial charge in [-0.15, -0.1) is 0 Å². The van der Waals surface area contributed by atoms with Gasteiger partial charge in [-0.25, -0.2) is 13.2 Å². The zero-order valence-corrected chi connectivity index (χ0v) is 21.4. The number of hydrogen-bond donors (Lipinski definition) is 0. The van der Waals surface area contributed by atoms with Gasteiger partial charge in [0.2, 0.25) is 10.0 Å². The van der Waals surface area contributed by atoms with Crippen LogP contribution in [0.5, 0.6) is 0 Å². The summed E-state index contributed by atoms with van der Waals surface area (Å²) in [5.74, 6) is -0.906. The van der Waals surface area contributed by atoms with Crippen molar-refractivity contribution in [3.8, 4) is 0 Å². The molecule has 4 rings (SSSR count). The third-order valence-corrected chi connectivity index (χ3v) is 8.71. The van der Waals surface area contributed by atoms with Gasteiger partial charge in [0.05, 0.1) is 33.9 Å². The van der Waals surface area contributed by atoms with E-state index in [2.05, 4.69) is 4.99 Å². The Hall–Kier alpha value is -2.86. The predicted molar refractivity (Wildman–Crippen MR) is 132 cm³/mol. The lowest BCUT2D eigenvalue weighted by Gasteiger charge is -2.16. The minimum Gasteiger partial charge on any atom is -0.462 e. The van der Waals surface area contributed by atoms with Crippen LogP contribution in [0.2, 0.25) is 0 Å². The highest BCUT2D eigenvalue weighted by Gasteiger charge is 2.35. The van der Waals surface area contributed by atoms with E-state index in [4.69, 9.17) is 9.47 Å². The van der Waals surface area contributed by atoms with Crippen LogP contribution in [0.25, 0.3) is 10.2 Å². The molecule has 1 aliphatic rings. The van der Waals surface area contributed by atoms with Gasteiger partial charge in [0, 0.05) is 32.3 Å². The van der Waals surface area contributed by atoms with Gasteiger partial charge >= 0.3 is 5.97 Å². The van der Waals surface area contributed by atoms with Crippen molar-refractivity contribution in [2.75, 3.05) is 27.4 Å². The van der Waals surface area contributed by atoms with Gasteiger partial charge in [-0.05, 0) is 62.2 Å². The number of methoxy groups -OCH3 is 1. The van der Waals surface area contributed by atoms with Crippen molar-refractivity contribution in [2.24, 2.45) is 4.99 Å². The molecule has 0 radical (unpaired) electrons. The minimum absolute atomic E-state index is 0.0520. The topological polar surface area (TPSA) is 107 Å². The summed E-state index contributed by atoms with van der Waals surface area (Å²) in [6, 6.07) is 11.1. The first-order valence-corrected chi connectivity index (χ1v) is 13.5. The third-order valence-electron chi connectivity index (χ3n) is 5.75. The molecule has 1 aromatic heterocycles. The van der Waals surface area contributed by atoms with Crippen LogP contribution in [-0.4, -0.2) is 62.6 Å². The maximum atomic E-state index is 13.0. The number of benzene rings is 2. The molecule has 3 aromatic rings. The van der Waals surface area contributed by atoms with Crippen LogP contribution < -0.4 is 4.80 Å². The normalized spacial score (nSPS) is 14.6. The second-order valence-electron chi connectivity index (χ2n) is 8.13. The number of esters is 1. The van der Waals surface area contributed by atoms with E-state index in [0.717, 1.165) is 23.1 Å². The quantitative estimate of drug-likeness (QED) is 0.404. The van der Waals surface area contributed by atoms with Gasteiger partial charge in [0.25, 0.3) is 5.91 Å². The molecule has 1 aliphatic carbocycles. The highest BCUT2D eigenvalue weighted by Crippen LogP contribution is 2.30. The third kappa shape index (κ3) is 5.37. The van der Waals surface area contributed by atoms with Crippen LogP contribution in [0.4, 0.5) is 0 Å².